The highest BCUT2D eigenvalue weighted by molar-refractivity contribution is 5.39. The maximum atomic E-state index is 9.11. The van der Waals surface area contributed by atoms with Crippen LogP contribution in [0.2, 0.25) is 0 Å². The third-order valence-corrected chi connectivity index (χ3v) is 5.25. The van der Waals surface area contributed by atoms with Gasteiger partial charge in [-0.15, -0.1) is 0 Å². The van der Waals surface area contributed by atoms with Crippen molar-refractivity contribution in [3.05, 3.63) is 48.1 Å². The molecule has 2 rings (SSSR count). The Hall–Kier alpha value is -1.86. The van der Waals surface area contributed by atoms with E-state index in [1.807, 2.05) is 18.2 Å². The summed E-state index contributed by atoms with van der Waals surface area (Å²) >= 11 is 0. The van der Waals surface area contributed by atoms with E-state index in [0.29, 0.717) is 56.7 Å². The number of benzene rings is 1. The lowest BCUT2D eigenvalue weighted by molar-refractivity contribution is -0.206. The van der Waals surface area contributed by atoms with Gasteiger partial charge in [0.15, 0.2) is 6.29 Å². The van der Waals surface area contributed by atoms with Crippen LogP contribution in [-0.2, 0) is 9.47 Å². The first-order chi connectivity index (χ1) is 15.0. The highest BCUT2D eigenvalue weighted by Gasteiger charge is 2.24. The molecule has 1 aliphatic rings. The first-order valence-electron chi connectivity index (χ1n) is 11.2. The predicted molar refractivity (Wildman–Crippen MR) is 121 cm³/mol. The second-order valence-electron chi connectivity index (χ2n) is 8.11. The fourth-order valence-electron chi connectivity index (χ4n) is 3.27. The van der Waals surface area contributed by atoms with Gasteiger partial charge in [0.25, 0.3) is 0 Å². The van der Waals surface area contributed by atoms with E-state index in [2.05, 4.69) is 20.1 Å². The molecule has 0 bridgehead atoms. The van der Waals surface area contributed by atoms with Gasteiger partial charge >= 0.3 is 0 Å². The monoisotopic (exact) mass is 434 g/mol. The molecule has 1 fully saturated rings. The Morgan fingerprint density at radius 1 is 0.935 bits per heavy atom. The minimum absolute atomic E-state index is 0.0460. The number of hydrogen-bond donors (Lipinski definition) is 2. The number of unbranched alkanes of at least 4 members (excludes halogenated alkanes) is 2. The molecular weight excluding hydrogens is 396 g/mol. The fraction of sp³-hybridized carbons (Fsp3) is 0.600. The van der Waals surface area contributed by atoms with Crippen LogP contribution in [0.15, 0.2) is 42.5 Å². The maximum Gasteiger partial charge on any atom is 0.184 e. The topological polar surface area (TPSA) is 77.4 Å². The van der Waals surface area contributed by atoms with Crippen molar-refractivity contribution in [2.45, 2.75) is 51.7 Å². The third kappa shape index (κ3) is 9.44. The van der Waals surface area contributed by atoms with Gasteiger partial charge in [-0.3, -0.25) is 0 Å². The van der Waals surface area contributed by atoms with Crippen molar-refractivity contribution in [2.75, 3.05) is 39.6 Å². The first kappa shape index (κ1) is 25.4. The molecule has 0 amide bonds. The fourth-order valence-corrected chi connectivity index (χ4v) is 3.27. The summed E-state index contributed by atoms with van der Waals surface area (Å²) in [5.41, 5.74) is 2.30. The first-order valence-corrected chi connectivity index (χ1v) is 11.2. The number of hydrogen-bond acceptors (Lipinski definition) is 6. The zero-order chi connectivity index (χ0) is 22.5. The Morgan fingerprint density at radius 2 is 1.48 bits per heavy atom. The van der Waals surface area contributed by atoms with Crippen LogP contribution in [0.3, 0.4) is 0 Å². The molecule has 1 aromatic carbocycles. The van der Waals surface area contributed by atoms with E-state index in [-0.39, 0.29) is 13.2 Å². The van der Waals surface area contributed by atoms with Crippen LogP contribution >= 0.6 is 0 Å². The lowest BCUT2D eigenvalue weighted by Crippen LogP contribution is -2.27. The van der Waals surface area contributed by atoms with Crippen LogP contribution in [0.4, 0.5) is 0 Å². The molecule has 1 heterocycles. The summed E-state index contributed by atoms with van der Waals surface area (Å²) in [7, 11) is 0. The van der Waals surface area contributed by atoms with Crippen LogP contribution in [-0.4, -0.2) is 49.9 Å². The summed E-state index contributed by atoms with van der Waals surface area (Å²) in [6, 6.07) is 5.63. The van der Waals surface area contributed by atoms with E-state index in [0.717, 1.165) is 23.1 Å². The lowest BCUT2D eigenvalue weighted by Gasteiger charge is -2.30. The van der Waals surface area contributed by atoms with E-state index in [1.54, 1.807) is 0 Å². The van der Waals surface area contributed by atoms with E-state index >= 15 is 0 Å². The molecule has 0 radical (unpaired) electrons. The third-order valence-electron chi connectivity index (χ3n) is 5.25. The zero-order valence-corrected chi connectivity index (χ0v) is 18.8. The maximum absolute atomic E-state index is 9.11. The van der Waals surface area contributed by atoms with Crippen LogP contribution in [0, 0.1) is 5.92 Å². The molecule has 0 saturated carbocycles. The van der Waals surface area contributed by atoms with Crippen molar-refractivity contribution in [3.63, 3.8) is 0 Å². The molecule has 1 aromatic rings. The minimum atomic E-state index is -0.451. The van der Waals surface area contributed by atoms with Crippen LogP contribution in [0.5, 0.6) is 11.5 Å². The zero-order valence-electron chi connectivity index (χ0n) is 18.8. The summed E-state index contributed by atoms with van der Waals surface area (Å²) < 4.78 is 23.8. The van der Waals surface area contributed by atoms with E-state index in [1.165, 1.54) is 19.3 Å². The number of aliphatic hydroxyl groups is 2. The van der Waals surface area contributed by atoms with Gasteiger partial charge in [-0.05, 0) is 29.7 Å². The second kappa shape index (κ2) is 14.2. The Bertz CT molecular complexity index is 638. The van der Waals surface area contributed by atoms with E-state index in [4.69, 9.17) is 29.2 Å². The van der Waals surface area contributed by atoms with Gasteiger partial charge < -0.3 is 29.2 Å². The van der Waals surface area contributed by atoms with Gasteiger partial charge in [0.05, 0.1) is 39.6 Å². The molecule has 1 saturated heterocycles. The van der Waals surface area contributed by atoms with Crippen LogP contribution in [0.25, 0.3) is 0 Å². The predicted octanol–water partition coefficient (Wildman–Crippen LogP) is 4.56. The van der Waals surface area contributed by atoms with Gasteiger partial charge in [0.1, 0.15) is 11.5 Å². The Morgan fingerprint density at radius 3 is 1.97 bits per heavy atom. The number of aliphatic hydroxyl groups excluding tert-OH is 2. The molecule has 31 heavy (non-hydrogen) atoms. The van der Waals surface area contributed by atoms with Crippen molar-refractivity contribution in [2.24, 2.45) is 5.92 Å². The quantitative estimate of drug-likeness (QED) is 0.311. The standard InChI is InChI=1S/C25H38O6/c1-4-5-6-7-21-17-30-25(31-18-21)22-12-23(28-10-8-19(2)15-26)14-24(13-22)29-11-9-20(3)16-27/h12-14,21,25-27H,2-11,15-18H2,1H3. The molecule has 0 unspecified atom stereocenters. The summed E-state index contributed by atoms with van der Waals surface area (Å²) in [6.07, 6.45) is 5.48. The van der Waals surface area contributed by atoms with Gasteiger partial charge in [-0.2, -0.15) is 0 Å². The van der Waals surface area contributed by atoms with Crippen molar-refractivity contribution < 1.29 is 29.2 Å². The Labute approximate surface area is 186 Å². The molecular formula is C25H38O6. The lowest BCUT2D eigenvalue weighted by atomic mass is 10.0. The average Bonchev–Trinajstić information content (AvgIpc) is 2.79. The van der Waals surface area contributed by atoms with E-state index < -0.39 is 6.29 Å². The summed E-state index contributed by atoms with van der Waals surface area (Å²) in [5, 5.41) is 18.2. The molecule has 6 heteroatoms. The van der Waals surface area contributed by atoms with Crippen LogP contribution in [0.1, 0.15) is 57.3 Å². The van der Waals surface area contributed by atoms with Crippen molar-refractivity contribution in [3.8, 4) is 11.5 Å². The van der Waals surface area contributed by atoms with Crippen molar-refractivity contribution >= 4 is 0 Å². The SMILES string of the molecule is C=C(CO)CCOc1cc(OCCC(=C)CO)cc(C2OCC(CCCCC)CO2)c1. The molecule has 6 nitrogen and oxygen atoms in total. The van der Waals surface area contributed by atoms with Crippen molar-refractivity contribution in [1.29, 1.82) is 0 Å². The highest BCUT2D eigenvalue weighted by atomic mass is 16.7. The van der Waals surface area contributed by atoms with Gasteiger partial charge in [-0.25, -0.2) is 0 Å². The number of ether oxygens (including phenoxy) is 4. The summed E-state index contributed by atoms with van der Waals surface area (Å²) in [4.78, 5) is 0. The van der Waals surface area contributed by atoms with Crippen LogP contribution < -0.4 is 9.47 Å². The molecule has 0 aliphatic carbocycles. The smallest absolute Gasteiger partial charge is 0.184 e. The molecule has 174 valence electrons. The van der Waals surface area contributed by atoms with E-state index in [9.17, 15) is 0 Å². The molecule has 1 aliphatic heterocycles. The van der Waals surface area contributed by atoms with Crippen molar-refractivity contribution in [1.82, 2.24) is 0 Å². The number of rotatable bonds is 15. The van der Waals surface area contributed by atoms with Gasteiger partial charge in [0, 0.05) is 30.4 Å². The normalized spacial score (nSPS) is 18.5. The minimum Gasteiger partial charge on any atom is -0.493 e. The average molecular weight is 435 g/mol. The molecule has 0 aromatic heterocycles. The molecule has 0 atom stereocenters. The largest absolute Gasteiger partial charge is 0.493 e. The Kier molecular flexibility index (Phi) is 11.7. The molecule has 2 N–H and O–H groups in total. The summed E-state index contributed by atoms with van der Waals surface area (Å²) in [6.45, 7) is 11.9. The van der Waals surface area contributed by atoms with Gasteiger partial charge in [-0.1, -0.05) is 39.3 Å². The highest BCUT2D eigenvalue weighted by Crippen LogP contribution is 2.33. The Balaban J connectivity index is 2.00. The second-order valence-corrected chi connectivity index (χ2v) is 8.11. The van der Waals surface area contributed by atoms with Gasteiger partial charge in [0.2, 0.25) is 0 Å². The molecule has 0 spiro atoms. The summed E-state index contributed by atoms with van der Waals surface area (Å²) in [5.74, 6) is 1.74.